The van der Waals surface area contributed by atoms with Gasteiger partial charge < -0.3 is 15.2 Å². The fourth-order valence-electron chi connectivity index (χ4n) is 4.82. The molecule has 5 nitrogen and oxygen atoms in total. The van der Waals surface area contributed by atoms with E-state index < -0.39 is 6.04 Å². The number of benzene rings is 3. The average molecular weight is 440 g/mol. The number of H-pyrrole nitrogens is 1. The van der Waals surface area contributed by atoms with Gasteiger partial charge in [-0.3, -0.25) is 9.59 Å². The molecule has 4 aromatic rings. The number of para-hydroxylation sites is 1. The standard InChI is InChI=1S/C28H29N3O2/c1-18(2)27(30-26(32)16-19-11-12-20-7-3-4-8-21(20)15-19)28(33)31-14-13-25-23(17-31)22-9-5-6-10-24(22)29-25/h3-12,15,18,27,29H,13-14,16-17H2,1-2H3,(H,30,32). The highest BCUT2D eigenvalue weighted by Crippen LogP contribution is 2.28. The minimum Gasteiger partial charge on any atom is -0.358 e. The van der Waals surface area contributed by atoms with Crippen LogP contribution in [0.25, 0.3) is 21.7 Å². The van der Waals surface area contributed by atoms with Crippen molar-refractivity contribution in [1.82, 2.24) is 15.2 Å². The van der Waals surface area contributed by atoms with Crippen molar-refractivity contribution in [3.63, 3.8) is 0 Å². The van der Waals surface area contributed by atoms with Gasteiger partial charge in [-0.15, -0.1) is 0 Å². The lowest BCUT2D eigenvalue weighted by Gasteiger charge is -2.32. The predicted octanol–water partition coefficient (Wildman–Crippen LogP) is 4.59. The van der Waals surface area contributed by atoms with E-state index in [0.717, 1.165) is 28.3 Å². The van der Waals surface area contributed by atoms with Gasteiger partial charge in [0.2, 0.25) is 11.8 Å². The van der Waals surface area contributed by atoms with Crippen LogP contribution in [-0.4, -0.2) is 34.3 Å². The largest absolute Gasteiger partial charge is 0.358 e. The molecule has 1 unspecified atom stereocenters. The van der Waals surface area contributed by atoms with Gasteiger partial charge in [-0.25, -0.2) is 0 Å². The number of nitrogens with one attached hydrogen (secondary N) is 2. The first kappa shape index (κ1) is 21.3. The van der Waals surface area contributed by atoms with E-state index in [9.17, 15) is 9.59 Å². The highest BCUT2D eigenvalue weighted by atomic mass is 16.2. The monoisotopic (exact) mass is 439 g/mol. The van der Waals surface area contributed by atoms with Crippen molar-refractivity contribution in [3.8, 4) is 0 Å². The Hall–Kier alpha value is -3.60. The average Bonchev–Trinajstić information content (AvgIpc) is 3.20. The van der Waals surface area contributed by atoms with Gasteiger partial charge in [0.15, 0.2) is 0 Å². The molecule has 2 amide bonds. The summed E-state index contributed by atoms with van der Waals surface area (Å²) in [6, 6.07) is 21.9. The molecule has 0 aliphatic carbocycles. The first-order chi connectivity index (χ1) is 16.0. The summed E-state index contributed by atoms with van der Waals surface area (Å²) in [7, 11) is 0. The SMILES string of the molecule is CC(C)C(NC(=O)Cc1ccc2ccccc2c1)C(=O)N1CCc2[nH]c3ccccc3c2C1. The van der Waals surface area contributed by atoms with Gasteiger partial charge in [0, 0.05) is 41.7 Å². The Labute approximate surface area is 193 Å². The maximum Gasteiger partial charge on any atom is 0.245 e. The van der Waals surface area contributed by atoms with E-state index >= 15 is 0 Å². The zero-order valence-corrected chi connectivity index (χ0v) is 19.1. The van der Waals surface area contributed by atoms with Gasteiger partial charge in [0.05, 0.1) is 6.42 Å². The second kappa shape index (κ2) is 8.74. The smallest absolute Gasteiger partial charge is 0.245 e. The summed E-state index contributed by atoms with van der Waals surface area (Å²) in [4.78, 5) is 31.8. The summed E-state index contributed by atoms with van der Waals surface area (Å²) < 4.78 is 0. The molecule has 2 N–H and O–H groups in total. The third-order valence-corrected chi connectivity index (χ3v) is 6.62. The van der Waals surface area contributed by atoms with Gasteiger partial charge in [-0.05, 0) is 28.3 Å². The van der Waals surface area contributed by atoms with Gasteiger partial charge in [0.25, 0.3) is 0 Å². The van der Waals surface area contributed by atoms with E-state index in [1.54, 1.807) is 0 Å². The number of hydrogen-bond acceptors (Lipinski definition) is 2. The molecular formula is C28H29N3O2. The Morgan fingerprint density at radius 1 is 1.00 bits per heavy atom. The van der Waals surface area contributed by atoms with Crippen LogP contribution in [0.15, 0.2) is 66.7 Å². The van der Waals surface area contributed by atoms with E-state index in [4.69, 9.17) is 0 Å². The number of amides is 2. The lowest BCUT2D eigenvalue weighted by molar-refractivity contribution is -0.138. The number of aromatic amines is 1. The fraction of sp³-hybridized carbons (Fsp3) is 0.286. The molecule has 33 heavy (non-hydrogen) atoms. The number of carbonyl (C=O) groups is 2. The van der Waals surface area contributed by atoms with Gasteiger partial charge in [-0.2, -0.15) is 0 Å². The third kappa shape index (κ3) is 4.23. The molecule has 5 heteroatoms. The Morgan fingerprint density at radius 2 is 1.76 bits per heavy atom. The number of fused-ring (bicyclic) bond motifs is 4. The Bertz CT molecular complexity index is 1340. The van der Waals surface area contributed by atoms with Crippen LogP contribution >= 0.6 is 0 Å². The summed E-state index contributed by atoms with van der Waals surface area (Å²) >= 11 is 0. The first-order valence-corrected chi connectivity index (χ1v) is 11.6. The van der Waals surface area contributed by atoms with Crippen molar-refractivity contribution in [2.75, 3.05) is 6.54 Å². The summed E-state index contributed by atoms with van der Waals surface area (Å²) in [5, 5.41) is 6.46. The zero-order chi connectivity index (χ0) is 22.9. The number of rotatable bonds is 5. The molecule has 0 saturated heterocycles. The zero-order valence-electron chi connectivity index (χ0n) is 19.1. The number of nitrogens with zero attached hydrogens (tertiary/aromatic N) is 1. The second-order valence-electron chi connectivity index (χ2n) is 9.28. The van der Waals surface area contributed by atoms with Crippen molar-refractivity contribution in [1.29, 1.82) is 0 Å². The topological polar surface area (TPSA) is 65.2 Å². The van der Waals surface area contributed by atoms with Crippen molar-refractivity contribution in [3.05, 3.63) is 83.6 Å². The molecule has 3 aromatic carbocycles. The molecule has 1 aliphatic heterocycles. The number of aromatic nitrogens is 1. The van der Waals surface area contributed by atoms with Crippen molar-refractivity contribution >= 4 is 33.5 Å². The Kier molecular flexibility index (Phi) is 5.63. The van der Waals surface area contributed by atoms with E-state index in [2.05, 4.69) is 28.5 Å². The minimum atomic E-state index is -0.537. The van der Waals surface area contributed by atoms with Gasteiger partial charge in [-0.1, -0.05) is 74.5 Å². The molecule has 0 saturated carbocycles. The van der Waals surface area contributed by atoms with E-state index in [0.29, 0.717) is 13.1 Å². The van der Waals surface area contributed by atoms with E-state index in [1.807, 2.05) is 67.3 Å². The highest BCUT2D eigenvalue weighted by molar-refractivity contribution is 5.91. The Balaban J connectivity index is 1.30. The highest BCUT2D eigenvalue weighted by Gasteiger charge is 2.31. The number of carbonyl (C=O) groups excluding carboxylic acids is 2. The van der Waals surface area contributed by atoms with Crippen LogP contribution < -0.4 is 5.32 Å². The van der Waals surface area contributed by atoms with Crippen LogP contribution in [-0.2, 0) is 29.0 Å². The van der Waals surface area contributed by atoms with E-state index in [1.165, 1.54) is 16.6 Å². The van der Waals surface area contributed by atoms with Gasteiger partial charge >= 0.3 is 0 Å². The molecule has 0 fully saturated rings. The molecule has 0 bridgehead atoms. The van der Waals surface area contributed by atoms with Crippen LogP contribution in [0.4, 0.5) is 0 Å². The van der Waals surface area contributed by atoms with Crippen LogP contribution in [0, 0.1) is 5.92 Å². The summed E-state index contributed by atoms with van der Waals surface area (Å²) in [5.74, 6) is -0.127. The fourth-order valence-corrected chi connectivity index (χ4v) is 4.82. The van der Waals surface area contributed by atoms with Crippen molar-refractivity contribution in [2.45, 2.75) is 39.3 Å². The van der Waals surface area contributed by atoms with Crippen LogP contribution in [0.1, 0.15) is 30.7 Å². The predicted molar refractivity (Wildman–Crippen MR) is 132 cm³/mol. The molecule has 168 valence electrons. The lowest BCUT2D eigenvalue weighted by atomic mass is 9.99. The summed E-state index contributed by atoms with van der Waals surface area (Å²) in [5.41, 5.74) is 4.46. The third-order valence-electron chi connectivity index (χ3n) is 6.62. The molecule has 1 atom stereocenters. The normalized spacial score (nSPS) is 14.5. The molecule has 1 aromatic heterocycles. The first-order valence-electron chi connectivity index (χ1n) is 11.6. The Morgan fingerprint density at radius 3 is 2.58 bits per heavy atom. The summed E-state index contributed by atoms with van der Waals surface area (Å²) in [6.07, 6.45) is 1.06. The molecule has 5 rings (SSSR count). The molecule has 0 spiro atoms. The second-order valence-corrected chi connectivity index (χ2v) is 9.28. The molecule has 1 aliphatic rings. The van der Waals surface area contributed by atoms with Gasteiger partial charge in [0.1, 0.15) is 6.04 Å². The maximum atomic E-state index is 13.5. The summed E-state index contributed by atoms with van der Waals surface area (Å²) in [6.45, 7) is 5.20. The number of hydrogen-bond donors (Lipinski definition) is 2. The molecule has 0 radical (unpaired) electrons. The van der Waals surface area contributed by atoms with Crippen molar-refractivity contribution < 1.29 is 9.59 Å². The quantitative estimate of drug-likeness (QED) is 0.478. The molecule has 2 heterocycles. The van der Waals surface area contributed by atoms with Crippen LogP contribution in [0.2, 0.25) is 0 Å². The van der Waals surface area contributed by atoms with E-state index in [-0.39, 0.29) is 24.2 Å². The minimum absolute atomic E-state index is 0.00224. The maximum absolute atomic E-state index is 13.5. The van der Waals surface area contributed by atoms with Crippen LogP contribution in [0.5, 0.6) is 0 Å². The molecular weight excluding hydrogens is 410 g/mol. The van der Waals surface area contributed by atoms with Crippen molar-refractivity contribution in [2.24, 2.45) is 5.92 Å². The van der Waals surface area contributed by atoms with Crippen LogP contribution in [0.3, 0.4) is 0 Å². The lowest BCUT2D eigenvalue weighted by Crippen LogP contribution is -2.52.